The van der Waals surface area contributed by atoms with Gasteiger partial charge in [0.25, 0.3) is 0 Å². The number of hydrogen-bond donors (Lipinski definition) is 1. The molecule has 0 bridgehead atoms. The van der Waals surface area contributed by atoms with Gasteiger partial charge in [0.1, 0.15) is 0 Å². The minimum absolute atomic E-state index is 0.525. The van der Waals surface area contributed by atoms with E-state index in [1.165, 1.54) is 17.5 Å². The molecule has 0 radical (unpaired) electrons. The molecule has 1 N–H and O–H groups in total. The molecule has 1 atom stereocenters. The zero-order valence-electron chi connectivity index (χ0n) is 9.13. The Morgan fingerprint density at radius 1 is 1.19 bits per heavy atom. The molecule has 3 nitrogen and oxygen atoms in total. The summed E-state index contributed by atoms with van der Waals surface area (Å²) in [5, 5.41) is 7.81. The zero-order valence-corrected chi connectivity index (χ0v) is 9.13. The van der Waals surface area contributed by atoms with Crippen molar-refractivity contribution < 1.29 is 0 Å². The van der Waals surface area contributed by atoms with Crippen molar-refractivity contribution in [2.45, 2.75) is 12.5 Å². The summed E-state index contributed by atoms with van der Waals surface area (Å²) in [6, 6.07) is 10.9. The molecule has 0 spiro atoms. The molecule has 1 aromatic heterocycles. The topological polar surface area (TPSA) is 29.9 Å². The van der Waals surface area contributed by atoms with Crippen LogP contribution in [0.15, 0.2) is 42.7 Å². The highest BCUT2D eigenvalue weighted by Crippen LogP contribution is 2.21. The van der Waals surface area contributed by atoms with Gasteiger partial charge in [0, 0.05) is 18.3 Å². The molecule has 2 aromatic rings. The summed E-state index contributed by atoms with van der Waals surface area (Å²) >= 11 is 0. The van der Waals surface area contributed by atoms with E-state index < -0.39 is 0 Å². The predicted octanol–water partition coefficient (Wildman–Crippen LogP) is 2.08. The largest absolute Gasteiger partial charge is 0.315 e. The fraction of sp³-hybridized carbons (Fsp3) is 0.308. The van der Waals surface area contributed by atoms with Crippen molar-refractivity contribution in [2.75, 3.05) is 13.1 Å². The Labute approximate surface area is 95.1 Å². The summed E-state index contributed by atoms with van der Waals surface area (Å²) in [7, 11) is 0. The van der Waals surface area contributed by atoms with Gasteiger partial charge in [-0.05, 0) is 18.5 Å². The molecule has 3 heteroatoms. The van der Waals surface area contributed by atoms with Crippen LogP contribution in [0, 0.1) is 0 Å². The molecular formula is C13H15N3. The van der Waals surface area contributed by atoms with Crippen molar-refractivity contribution in [3.63, 3.8) is 0 Å². The van der Waals surface area contributed by atoms with Gasteiger partial charge >= 0.3 is 0 Å². The molecule has 0 aliphatic carbocycles. The van der Waals surface area contributed by atoms with Crippen molar-refractivity contribution >= 4 is 0 Å². The number of benzene rings is 1. The standard InChI is InChI=1S/C13H15N3/c1-2-4-11(5-3-1)12-8-15-16(10-12)13-6-7-14-9-13/h1-5,8,10,13-14H,6-7,9H2. The van der Waals surface area contributed by atoms with E-state index in [1.54, 1.807) is 0 Å². The summed E-state index contributed by atoms with van der Waals surface area (Å²) in [5.74, 6) is 0. The number of hydrogen-bond acceptors (Lipinski definition) is 2. The zero-order chi connectivity index (χ0) is 10.8. The van der Waals surface area contributed by atoms with Crippen molar-refractivity contribution in [2.24, 2.45) is 0 Å². The second kappa shape index (κ2) is 4.10. The van der Waals surface area contributed by atoms with Gasteiger partial charge in [-0.2, -0.15) is 5.10 Å². The highest BCUT2D eigenvalue weighted by Gasteiger charge is 2.17. The summed E-state index contributed by atoms with van der Waals surface area (Å²) in [4.78, 5) is 0. The first-order valence-electron chi connectivity index (χ1n) is 5.74. The quantitative estimate of drug-likeness (QED) is 0.827. The lowest BCUT2D eigenvalue weighted by Gasteiger charge is -2.07. The normalized spacial score (nSPS) is 20.1. The second-order valence-electron chi connectivity index (χ2n) is 4.22. The van der Waals surface area contributed by atoms with Crippen molar-refractivity contribution in [1.82, 2.24) is 15.1 Å². The molecule has 16 heavy (non-hydrogen) atoms. The van der Waals surface area contributed by atoms with Gasteiger partial charge in [-0.1, -0.05) is 30.3 Å². The number of nitrogens with one attached hydrogen (secondary N) is 1. The molecule has 1 aliphatic rings. The molecule has 1 aromatic carbocycles. The summed E-state index contributed by atoms with van der Waals surface area (Å²) in [6.07, 6.45) is 5.27. The maximum atomic E-state index is 4.45. The third-order valence-corrected chi connectivity index (χ3v) is 3.12. The van der Waals surface area contributed by atoms with Gasteiger partial charge in [0.15, 0.2) is 0 Å². The van der Waals surface area contributed by atoms with E-state index in [1.807, 2.05) is 12.3 Å². The van der Waals surface area contributed by atoms with Crippen LogP contribution in [0.4, 0.5) is 0 Å². The average molecular weight is 213 g/mol. The molecular weight excluding hydrogens is 198 g/mol. The minimum atomic E-state index is 0.525. The lowest BCUT2D eigenvalue weighted by Crippen LogP contribution is -2.13. The van der Waals surface area contributed by atoms with Gasteiger partial charge < -0.3 is 5.32 Å². The fourth-order valence-corrected chi connectivity index (χ4v) is 2.18. The van der Waals surface area contributed by atoms with Crippen molar-refractivity contribution in [1.29, 1.82) is 0 Å². The summed E-state index contributed by atoms with van der Waals surface area (Å²) in [6.45, 7) is 2.14. The van der Waals surface area contributed by atoms with Crippen molar-refractivity contribution in [3.05, 3.63) is 42.7 Å². The van der Waals surface area contributed by atoms with E-state index in [9.17, 15) is 0 Å². The number of nitrogens with zero attached hydrogens (tertiary/aromatic N) is 2. The van der Waals surface area contributed by atoms with Crippen LogP contribution in [-0.2, 0) is 0 Å². The molecule has 0 saturated carbocycles. The Kier molecular flexibility index (Phi) is 2.46. The molecule has 2 heterocycles. The summed E-state index contributed by atoms with van der Waals surface area (Å²) in [5.41, 5.74) is 2.44. The highest BCUT2D eigenvalue weighted by atomic mass is 15.3. The maximum absolute atomic E-state index is 4.45. The van der Waals surface area contributed by atoms with E-state index in [2.05, 4.69) is 45.6 Å². The summed E-state index contributed by atoms with van der Waals surface area (Å²) < 4.78 is 2.09. The predicted molar refractivity (Wildman–Crippen MR) is 64.2 cm³/mol. The van der Waals surface area contributed by atoms with E-state index in [4.69, 9.17) is 0 Å². The van der Waals surface area contributed by atoms with E-state index >= 15 is 0 Å². The molecule has 1 fully saturated rings. The molecule has 0 amide bonds. The molecule has 3 rings (SSSR count). The van der Waals surface area contributed by atoms with Crippen LogP contribution in [0.25, 0.3) is 11.1 Å². The van der Waals surface area contributed by atoms with E-state index in [-0.39, 0.29) is 0 Å². The second-order valence-corrected chi connectivity index (χ2v) is 4.22. The average Bonchev–Trinajstić information content (AvgIpc) is 3.01. The molecule has 1 saturated heterocycles. The smallest absolute Gasteiger partial charge is 0.0655 e. The van der Waals surface area contributed by atoms with Crippen LogP contribution in [0.1, 0.15) is 12.5 Å². The lowest BCUT2D eigenvalue weighted by atomic mass is 10.1. The third kappa shape index (κ3) is 1.74. The SMILES string of the molecule is c1ccc(-c2cnn(C3CCNC3)c2)cc1. The Hall–Kier alpha value is -1.61. The molecule has 1 aliphatic heterocycles. The van der Waals surface area contributed by atoms with Crippen LogP contribution in [-0.4, -0.2) is 22.9 Å². The third-order valence-electron chi connectivity index (χ3n) is 3.12. The Bertz CT molecular complexity index is 455. The van der Waals surface area contributed by atoms with Crippen molar-refractivity contribution in [3.8, 4) is 11.1 Å². The van der Waals surface area contributed by atoms with Crippen LogP contribution < -0.4 is 5.32 Å². The van der Waals surface area contributed by atoms with Gasteiger partial charge in [-0.3, -0.25) is 4.68 Å². The Balaban J connectivity index is 1.87. The maximum Gasteiger partial charge on any atom is 0.0655 e. The van der Waals surface area contributed by atoms with Gasteiger partial charge in [-0.25, -0.2) is 0 Å². The monoisotopic (exact) mass is 213 g/mol. The van der Waals surface area contributed by atoms with Crippen LogP contribution in [0.3, 0.4) is 0 Å². The van der Waals surface area contributed by atoms with Gasteiger partial charge in [0.2, 0.25) is 0 Å². The van der Waals surface area contributed by atoms with Crippen LogP contribution in [0.2, 0.25) is 0 Å². The lowest BCUT2D eigenvalue weighted by molar-refractivity contribution is 0.491. The number of rotatable bonds is 2. The molecule has 82 valence electrons. The van der Waals surface area contributed by atoms with E-state index in [0.29, 0.717) is 6.04 Å². The molecule has 1 unspecified atom stereocenters. The Morgan fingerprint density at radius 3 is 2.81 bits per heavy atom. The van der Waals surface area contributed by atoms with Crippen LogP contribution in [0.5, 0.6) is 0 Å². The fourth-order valence-electron chi connectivity index (χ4n) is 2.18. The number of aromatic nitrogens is 2. The van der Waals surface area contributed by atoms with Gasteiger partial charge in [-0.15, -0.1) is 0 Å². The first-order chi connectivity index (χ1) is 7.93. The first-order valence-corrected chi connectivity index (χ1v) is 5.74. The first kappa shape index (κ1) is 9.60. The minimum Gasteiger partial charge on any atom is -0.315 e. The Morgan fingerprint density at radius 2 is 2.06 bits per heavy atom. The van der Waals surface area contributed by atoms with Gasteiger partial charge in [0.05, 0.1) is 12.2 Å². The highest BCUT2D eigenvalue weighted by molar-refractivity contribution is 5.61. The van der Waals surface area contributed by atoms with Crippen LogP contribution >= 0.6 is 0 Å². The van der Waals surface area contributed by atoms with E-state index in [0.717, 1.165) is 13.1 Å².